The number of nitro groups is 1. The van der Waals surface area contributed by atoms with E-state index in [0.29, 0.717) is 6.42 Å². The average molecular weight is 314 g/mol. The third kappa shape index (κ3) is 2.95. The van der Waals surface area contributed by atoms with Gasteiger partial charge in [0.15, 0.2) is 0 Å². The Bertz CT molecular complexity index is 642. The number of nitro benzene ring substituents is 1. The molecule has 1 aromatic carbocycles. The molecule has 0 spiro atoms. The van der Waals surface area contributed by atoms with Gasteiger partial charge in [0, 0.05) is 18.6 Å². The molecule has 1 aromatic rings. The minimum Gasteiger partial charge on any atom is -0.395 e. The quantitative estimate of drug-likeness (QED) is 0.490. The highest BCUT2D eigenvalue weighted by Gasteiger charge is 2.40. The van der Waals surface area contributed by atoms with Gasteiger partial charge in [0.25, 0.3) is 15.7 Å². The summed E-state index contributed by atoms with van der Waals surface area (Å²) in [6.45, 7) is 3.14. The van der Waals surface area contributed by atoms with Crippen LogP contribution in [0, 0.1) is 10.1 Å². The van der Waals surface area contributed by atoms with Gasteiger partial charge >= 0.3 is 0 Å². The number of aliphatic hydroxyl groups is 1. The first-order chi connectivity index (χ1) is 9.90. The van der Waals surface area contributed by atoms with E-state index < -0.39 is 33.7 Å². The summed E-state index contributed by atoms with van der Waals surface area (Å²) in [5, 5.41) is 19.8. The first-order valence-electron chi connectivity index (χ1n) is 6.09. The SMILES string of the molecule is C=C[C@@H]1C[C@H](CO)N(S(=O)(=O)c2ccc([N+](=O)[O-])cc2)O1. The molecule has 2 rings (SSSR count). The number of nitrogens with zero attached hydrogens (tertiary/aromatic N) is 2. The van der Waals surface area contributed by atoms with Gasteiger partial charge in [-0.2, -0.15) is 0 Å². The molecule has 1 heterocycles. The highest BCUT2D eigenvalue weighted by atomic mass is 32.2. The van der Waals surface area contributed by atoms with Gasteiger partial charge in [-0.1, -0.05) is 10.5 Å². The van der Waals surface area contributed by atoms with Crippen molar-refractivity contribution in [3.63, 3.8) is 0 Å². The van der Waals surface area contributed by atoms with Crippen LogP contribution in [-0.2, 0) is 14.9 Å². The maximum absolute atomic E-state index is 12.4. The van der Waals surface area contributed by atoms with Crippen molar-refractivity contribution in [3.8, 4) is 0 Å². The number of aliphatic hydroxyl groups excluding tert-OH is 1. The molecule has 114 valence electrons. The summed E-state index contributed by atoms with van der Waals surface area (Å²) in [6, 6.07) is 3.75. The molecule has 1 aliphatic rings. The molecule has 0 unspecified atom stereocenters. The van der Waals surface area contributed by atoms with E-state index >= 15 is 0 Å². The van der Waals surface area contributed by atoms with Crippen LogP contribution in [0.15, 0.2) is 41.8 Å². The van der Waals surface area contributed by atoms with E-state index in [1.807, 2.05) is 0 Å². The van der Waals surface area contributed by atoms with E-state index in [2.05, 4.69) is 6.58 Å². The predicted octanol–water partition coefficient (Wildman–Crippen LogP) is 0.836. The largest absolute Gasteiger partial charge is 0.395 e. The van der Waals surface area contributed by atoms with E-state index in [0.717, 1.165) is 28.7 Å². The minimum absolute atomic E-state index is 0.142. The molecule has 0 saturated carbocycles. The normalized spacial score (nSPS) is 23.1. The Morgan fingerprint density at radius 1 is 1.48 bits per heavy atom. The van der Waals surface area contributed by atoms with Crippen LogP contribution in [0.5, 0.6) is 0 Å². The van der Waals surface area contributed by atoms with Crippen molar-refractivity contribution < 1.29 is 23.3 Å². The molecule has 0 radical (unpaired) electrons. The van der Waals surface area contributed by atoms with Gasteiger partial charge < -0.3 is 5.11 Å². The van der Waals surface area contributed by atoms with Crippen LogP contribution in [0.4, 0.5) is 5.69 Å². The standard InChI is InChI=1S/C12H14N2O6S/c1-2-11-7-10(8-15)14(20-11)21(18,19)12-5-3-9(4-6-12)13(16)17/h2-6,10-11,15H,1,7-8H2/t10-,11-/m1/s1. The lowest BCUT2D eigenvalue weighted by Gasteiger charge is -2.20. The molecule has 2 atom stereocenters. The van der Waals surface area contributed by atoms with Crippen molar-refractivity contribution in [2.75, 3.05) is 6.61 Å². The molecule has 21 heavy (non-hydrogen) atoms. The molecule has 9 heteroatoms. The number of hydrogen-bond donors (Lipinski definition) is 1. The Hall–Kier alpha value is -1.81. The van der Waals surface area contributed by atoms with Gasteiger partial charge in [-0.3, -0.25) is 15.0 Å². The molecule has 1 aliphatic heterocycles. The Balaban J connectivity index is 2.32. The van der Waals surface area contributed by atoms with Crippen molar-refractivity contribution in [2.45, 2.75) is 23.5 Å². The second-order valence-electron chi connectivity index (χ2n) is 4.46. The zero-order valence-corrected chi connectivity index (χ0v) is 11.8. The van der Waals surface area contributed by atoms with Gasteiger partial charge in [-0.15, -0.1) is 6.58 Å². The third-order valence-electron chi connectivity index (χ3n) is 3.10. The fourth-order valence-electron chi connectivity index (χ4n) is 1.99. The lowest BCUT2D eigenvalue weighted by atomic mass is 10.1. The van der Waals surface area contributed by atoms with Crippen molar-refractivity contribution >= 4 is 15.7 Å². The fourth-order valence-corrected chi connectivity index (χ4v) is 3.45. The zero-order chi connectivity index (χ0) is 15.6. The Kier molecular flexibility index (Phi) is 4.37. The molecule has 0 aromatic heterocycles. The number of non-ortho nitro benzene ring substituents is 1. The number of hydroxylamine groups is 1. The van der Waals surface area contributed by atoms with E-state index in [1.165, 1.54) is 6.08 Å². The molecule has 0 aliphatic carbocycles. The number of rotatable bonds is 5. The van der Waals surface area contributed by atoms with Crippen molar-refractivity contribution in [1.29, 1.82) is 0 Å². The van der Waals surface area contributed by atoms with E-state index in [-0.39, 0.29) is 10.6 Å². The first kappa shape index (κ1) is 15.6. The van der Waals surface area contributed by atoms with Crippen LogP contribution in [0.1, 0.15) is 6.42 Å². The molecule has 0 bridgehead atoms. The predicted molar refractivity (Wildman–Crippen MR) is 72.7 cm³/mol. The molecule has 1 saturated heterocycles. The topological polar surface area (TPSA) is 110 Å². The molecule has 1 fully saturated rings. The summed E-state index contributed by atoms with van der Waals surface area (Å²) in [5.41, 5.74) is -0.209. The summed E-state index contributed by atoms with van der Waals surface area (Å²) in [4.78, 5) is 15.1. The molecule has 0 amide bonds. The van der Waals surface area contributed by atoms with Crippen LogP contribution in [0.3, 0.4) is 0 Å². The van der Waals surface area contributed by atoms with Crippen LogP contribution >= 0.6 is 0 Å². The van der Waals surface area contributed by atoms with Gasteiger partial charge in [-0.25, -0.2) is 8.42 Å². The number of benzene rings is 1. The van der Waals surface area contributed by atoms with Crippen LogP contribution in [0.25, 0.3) is 0 Å². The summed E-state index contributed by atoms with van der Waals surface area (Å²) < 4.78 is 25.6. The highest BCUT2D eigenvalue weighted by Crippen LogP contribution is 2.29. The lowest BCUT2D eigenvalue weighted by Crippen LogP contribution is -2.36. The summed E-state index contributed by atoms with van der Waals surface area (Å²) in [6.07, 6.45) is 1.25. The third-order valence-corrected chi connectivity index (χ3v) is 4.82. The van der Waals surface area contributed by atoms with Crippen molar-refractivity contribution in [3.05, 3.63) is 47.0 Å². The monoisotopic (exact) mass is 314 g/mol. The molecule has 8 nitrogen and oxygen atoms in total. The number of hydrogen-bond acceptors (Lipinski definition) is 6. The van der Waals surface area contributed by atoms with Gasteiger partial charge in [0.1, 0.15) is 6.10 Å². The van der Waals surface area contributed by atoms with E-state index in [9.17, 15) is 23.6 Å². The average Bonchev–Trinajstić information content (AvgIpc) is 2.91. The second kappa shape index (κ2) is 5.90. The molecule has 1 N–H and O–H groups in total. The highest BCUT2D eigenvalue weighted by molar-refractivity contribution is 7.89. The van der Waals surface area contributed by atoms with Gasteiger partial charge in [0.2, 0.25) is 0 Å². The molecular formula is C12H14N2O6S. The number of sulfonamides is 1. The summed E-state index contributed by atoms with van der Waals surface area (Å²) in [7, 11) is -4.00. The Morgan fingerprint density at radius 2 is 2.10 bits per heavy atom. The second-order valence-corrected chi connectivity index (χ2v) is 6.24. The maximum atomic E-state index is 12.4. The van der Waals surface area contributed by atoms with Crippen molar-refractivity contribution in [2.24, 2.45) is 0 Å². The van der Waals surface area contributed by atoms with E-state index in [4.69, 9.17) is 4.84 Å². The van der Waals surface area contributed by atoms with Gasteiger partial charge in [0.05, 0.1) is 22.5 Å². The summed E-state index contributed by atoms with van der Waals surface area (Å²) >= 11 is 0. The lowest BCUT2D eigenvalue weighted by molar-refractivity contribution is -0.384. The Labute approximate surface area is 121 Å². The Morgan fingerprint density at radius 3 is 2.57 bits per heavy atom. The fraction of sp³-hybridized carbons (Fsp3) is 0.333. The maximum Gasteiger partial charge on any atom is 0.269 e. The minimum atomic E-state index is -4.00. The van der Waals surface area contributed by atoms with Crippen LogP contribution < -0.4 is 0 Å². The first-order valence-corrected chi connectivity index (χ1v) is 7.53. The van der Waals surface area contributed by atoms with E-state index in [1.54, 1.807) is 0 Å². The molecular weight excluding hydrogens is 300 g/mol. The van der Waals surface area contributed by atoms with Gasteiger partial charge in [-0.05, 0) is 12.1 Å². The van der Waals surface area contributed by atoms with Crippen LogP contribution in [-0.4, -0.2) is 41.7 Å². The summed E-state index contributed by atoms with van der Waals surface area (Å²) in [5.74, 6) is 0. The van der Waals surface area contributed by atoms with Crippen molar-refractivity contribution in [1.82, 2.24) is 4.47 Å². The van der Waals surface area contributed by atoms with Crippen LogP contribution in [0.2, 0.25) is 0 Å². The smallest absolute Gasteiger partial charge is 0.269 e. The zero-order valence-electron chi connectivity index (χ0n) is 11.0.